The minimum absolute atomic E-state index is 0.290. The van der Waals surface area contributed by atoms with Crippen LogP contribution in [0.25, 0.3) is 0 Å². The molecule has 2 radical (unpaired) electrons. The summed E-state index contributed by atoms with van der Waals surface area (Å²) < 4.78 is 13.3. The Balaban J connectivity index is 3.06. The third-order valence-electron chi connectivity index (χ3n) is 1.86. The molecule has 1 unspecified atom stereocenters. The second kappa shape index (κ2) is 3.48. The highest BCUT2D eigenvalue weighted by molar-refractivity contribution is 6.14. The van der Waals surface area contributed by atoms with Gasteiger partial charge in [0.1, 0.15) is 13.4 Å². The second-order valence-corrected chi connectivity index (χ2v) is 3.68. The molecule has 1 nitrogen and oxygen atoms in total. The summed E-state index contributed by atoms with van der Waals surface area (Å²) in [5.74, 6) is 0.294. The molecule has 1 heterocycles. The van der Waals surface area contributed by atoms with Crippen LogP contribution in [0.1, 0.15) is 38.1 Å². The molecule has 0 aliphatic rings. The van der Waals surface area contributed by atoms with Crippen LogP contribution >= 0.6 is 0 Å². The van der Waals surface area contributed by atoms with Gasteiger partial charge in [-0.3, -0.25) is 4.98 Å². The molecule has 0 N–H and O–H groups in total. The van der Waals surface area contributed by atoms with E-state index in [0.29, 0.717) is 11.6 Å². The minimum Gasteiger partial charge on any atom is -0.255 e. The molecular formula is C10H13BFN. The van der Waals surface area contributed by atoms with E-state index in [4.69, 9.17) is 7.85 Å². The van der Waals surface area contributed by atoms with E-state index in [9.17, 15) is 4.39 Å². The lowest BCUT2D eigenvalue weighted by atomic mass is 9.82. The lowest BCUT2D eigenvalue weighted by Gasteiger charge is -2.15. The number of nitrogens with zero attached hydrogens (tertiary/aromatic N) is 1. The number of pyridine rings is 1. The monoisotopic (exact) mass is 177 g/mol. The Bertz CT molecular complexity index is 291. The van der Waals surface area contributed by atoms with E-state index in [1.54, 1.807) is 12.1 Å². The van der Waals surface area contributed by atoms with E-state index in [1.165, 1.54) is 6.92 Å². The maximum atomic E-state index is 13.3. The predicted octanol–water partition coefficient (Wildman–Crippen LogP) is 2.52. The summed E-state index contributed by atoms with van der Waals surface area (Å²) in [4.78, 5) is 4.14. The van der Waals surface area contributed by atoms with Crippen LogP contribution in [-0.4, -0.2) is 12.8 Å². The Hall–Kier alpha value is -0.855. The average molecular weight is 177 g/mol. The van der Waals surface area contributed by atoms with Crippen LogP contribution in [0.15, 0.2) is 18.2 Å². The Morgan fingerprint density at radius 3 is 2.54 bits per heavy atom. The van der Waals surface area contributed by atoms with Crippen LogP contribution < -0.4 is 0 Å². The molecule has 68 valence electrons. The van der Waals surface area contributed by atoms with Gasteiger partial charge in [0.15, 0.2) is 0 Å². The third kappa shape index (κ3) is 2.54. The number of rotatable bonds is 2. The van der Waals surface area contributed by atoms with Gasteiger partial charge in [0.2, 0.25) is 0 Å². The van der Waals surface area contributed by atoms with Crippen molar-refractivity contribution in [2.45, 2.75) is 32.3 Å². The quantitative estimate of drug-likeness (QED) is 0.632. The van der Waals surface area contributed by atoms with Crippen LogP contribution in [0.5, 0.6) is 0 Å². The SMILES string of the molecule is [B]C(C)(F)c1cccc(C(C)C)n1. The molecule has 0 fully saturated rings. The molecule has 1 atom stereocenters. The fraction of sp³-hybridized carbons (Fsp3) is 0.500. The van der Waals surface area contributed by atoms with Crippen molar-refractivity contribution in [3.63, 3.8) is 0 Å². The van der Waals surface area contributed by atoms with E-state index in [0.717, 1.165) is 5.69 Å². The minimum atomic E-state index is -1.84. The average Bonchev–Trinajstić information content (AvgIpc) is 2.03. The van der Waals surface area contributed by atoms with Gasteiger partial charge < -0.3 is 0 Å². The topological polar surface area (TPSA) is 12.9 Å². The molecule has 1 aromatic rings. The zero-order valence-electron chi connectivity index (χ0n) is 8.21. The van der Waals surface area contributed by atoms with Crippen molar-refractivity contribution in [3.8, 4) is 0 Å². The van der Waals surface area contributed by atoms with E-state index < -0.39 is 5.57 Å². The molecule has 0 spiro atoms. The Kier molecular flexibility index (Phi) is 2.74. The molecule has 1 rings (SSSR count). The summed E-state index contributed by atoms with van der Waals surface area (Å²) in [7, 11) is 5.30. The predicted molar refractivity (Wildman–Crippen MR) is 52.5 cm³/mol. The molecule has 13 heavy (non-hydrogen) atoms. The molecule has 0 aliphatic carbocycles. The maximum absolute atomic E-state index is 13.3. The van der Waals surface area contributed by atoms with Crippen molar-refractivity contribution in [1.82, 2.24) is 4.98 Å². The van der Waals surface area contributed by atoms with Crippen LogP contribution in [0.2, 0.25) is 0 Å². The highest BCUT2D eigenvalue weighted by Gasteiger charge is 2.20. The smallest absolute Gasteiger partial charge is 0.129 e. The fourth-order valence-corrected chi connectivity index (χ4v) is 1.05. The summed E-state index contributed by atoms with van der Waals surface area (Å²) in [6, 6.07) is 5.26. The molecule has 0 saturated carbocycles. The molecule has 0 bridgehead atoms. The Morgan fingerprint density at radius 2 is 2.08 bits per heavy atom. The molecular weight excluding hydrogens is 164 g/mol. The fourth-order valence-electron chi connectivity index (χ4n) is 1.05. The van der Waals surface area contributed by atoms with E-state index >= 15 is 0 Å². The van der Waals surface area contributed by atoms with Gasteiger partial charge in [-0.15, -0.1) is 0 Å². The first-order valence-corrected chi connectivity index (χ1v) is 4.36. The Morgan fingerprint density at radius 1 is 1.46 bits per heavy atom. The van der Waals surface area contributed by atoms with Crippen LogP contribution in [-0.2, 0) is 5.57 Å². The van der Waals surface area contributed by atoms with Crippen molar-refractivity contribution in [1.29, 1.82) is 0 Å². The molecule has 0 saturated heterocycles. The first-order valence-electron chi connectivity index (χ1n) is 4.36. The maximum Gasteiger partial charge on any atom is 0.129 e. The van der Waals surface area contributed by atoms with Crippen molar-refractivity contribution < 1.29 is 4.39 Å². The lowest BCUT2D eigenvalue weighted by molar-refractivity contribution is 0.304. The largest absolute Gasteiger partial charge is 0.255 e. The molecule has 0 amide bonds. The summed E-state index contributed by atoms with van der Waals surface area (Å²) in [5, 5.41) is 0. The van der Waals surface area contributed by atoms with Crippen molar-refractivity contribution in [2.24, 2.45) is 0 Å². The van der Waals surface area contributed by atoms with Crippen molar-refractivity contribution in [3.05, 3.63) is 29.6 Å². The van der Waals surface area contributed by atoms with Gasteiger partial charge in [-0.1, -0.05) is 19.9 Å². The van der Waals surface area contributed by atoms with Gasteiger partial charge in [-0.2, -0.15) is 0 Å². The van der Waals surface area contributed by atoms with Crippen molar-refractivity contribution >= 4 is 7.85 Å². The first kappa shape index (κ1) is 10.2. The summed E-state index contributed by atoms with van der Waals surface area (Å²) in [6.07, 6.45) is 0. The van der Waals surface area contributed by atoms with E-state index in [2.05, 4.69) is 4.98 Å². The summed E-state index contributed by atoms with van der Waals surface area (Å²) in [5.41, 5.74) is -0.684. The molecule has 1 aromatic heterocycles. The van der Waals surface area contributed by atoms with Crippen molar-refractivity contribution in [2.75, 3.05) is 0 Å². The van der Waals surface area contributed by atoms with Crippen LogP contribution in [0.3, 0.4) is 0 Å². The van der Waals surface area contributed by atoms with Gasteiger partial charge in [-0.25, -0.2) is 4.39 Å². The van der Waals surface area contributed by atoms with Gasteiger partial charge in [0.25, 0.3) is 0 Å². The summed E-state index contributed by atoms with van der Waals surface area (Å²) >= 11 is 0. The standard InChI is InChI=1S/C10H13BFN/c1-7(2)8-5-4-6-9(13-8)10(3,11)12/h4-7H,1-3H3. The number of hydrogen-bond acceptors (Lipinski definition) is 1. The van der Waals surface area contributed by atoms with Crippen LogP contribution in [0.4, 0.5) is 4.39 Å². The molecule has 3 heteroatoms. The molecule has 0 aromatic carbocycles. The van der Waals surface area contributed by atoms with E-state index in [1.807, 2.05) is 19.9 Å². The zero-order chi connectivity index (χ0) is 10.1. The third-order valence-corrected chi connectivity index (χ3v) is 1.86. The lowest BCUT2D eigenvalue weighted by Crippen LogP contribution is -2.17. The zero-order valence-corrected chi connectivity index (χ0v) is 8.21. The van der Waals surface area contributed by atoms with Crippen LogP contribution in [0, 0.1) is 0 Å². The molecule has 0 aliphatic heterocycles. The number of halogens is 1. The number of aromatic nitrogens is 1. The second-order valence-electron chi connectivity index (χ2n) is 3.68. The van der Waals surface area contributed by atoms with Gasteiger partial charge in [0.05, 0.1) is 5.69 Å². The normalized spacial score (nSPS) is 15.8. The highest BCUT2D eigenvalue weighted by Crippen LogP contribution is 2.21. The Labute approximate surface area is 79.8 Å². The summed E-state index contributed by atoms with van der Waals surface area (Å²) in [6.45, 7) is 5.33. The number of hydrogen-bond donors (Lipinski definition) is 0. The van der Waals surface area contributed by atoms with Gasteiger partial charge in [-0.05, 0) is 25.0 Å². The van der Waals surface area contributed by atoms with Gasteiger partial charge >= 0.3 is 0 Å². The van der Waals surface area contributed by atoms with E-state index in [-0.39, 0.29) is 0 Å². The first-order chi connectivity index (χ1) is 5.91. The van der Waals surface area contributed by atoms with Gasteiger partial charge in [0, 0.05) is 5.69 Å². The highest BCUT2D eigenvalue weighted by atomic mass is 19.1. The number of alkyl halides is 1.